The van der Waals surface area contributed by atoms with Gasteiger partial charge in [0.2, 0.25) is 0 Å². The number of benzene rings is 2. The van der Waals surface area contributed by atoms with Gasteiger partial charge in [0.05, 0.1) is 17.3 Å². The second kappa shape index (κ2) is 4.70. The molecule has 1 unspecified atom stereocenters. The molecule has 0 spiro atoms. The fourth-order valence-corrected chi connectivity index (χ4v) is 2.34. The standard InChI is InChI=1S/C14H10ClF2NO/c15-11-5-10(17)6-12-14(11)19-13(7-18-12)8-2-1-3-9(16)4-8/h1-6,13,18H,7H2. The molecule has 5 heteroatoms. The largest absolute Gasteiger partial charge is 0.480 e. The number of rotatable bonds is 1. The first kappa shape index (κ1) is 12.2. The van der Waals surface area contributed by atoms with Gasteiger partial charge in [0, 0.05) is 6.07 Å². The number of halogens is 3. The molecule has 0 fully saturated rings. The van der Waals surface area contributed by atoms with Crippen molar-refractivity contribution in [2.75, 3.05) is 11.9 Å². The van der Waals surface area contributed by atoms with E-state index in [-0.39, 0.29) is 16.9 Å². The summed E-state index contributed by atoms with van der Waals surface area (Å²) in [6.45, 7) is 0.427. The van der Waals surface area contributed by atoms with Crippen LogP contribution in [0.5, 0.6) is 5.75 Å². The third-order valence-electron chi connectivity index (χ3n) is 2.97. The highest BCUT2D eigenvalue weighted by molar-refractivity contribution is 6.32. The molecule has 2 nitrogen and oxygen atoms in total. The molecule has 0 radical (unpaired) electrons. The van der Waals surface area contributed by atoms with Crippen molar-refractivity contribution in [1.29, 1.82) is 0 Å². The van der Waals surface area contributed by atoms with E-state index in [1.165, 1.54) is 24.3 Å². The van der Waals surface area contributed by atoms with E-state index in [2.05, 4.69) is 5.32 Å². The van der Waals surface area contributed by atoms with Crippen LogP contribution in [0.1, 0.15) is 11.7 Å². The second-order valence-electron chi connectivity index (χ2n) is 4.31. The summed E-state index contributed by atoms with van der Waals surface area (Å²) in [5.74, 6) is -0.357. The second-order valence-corrected chi connectivity index (χ2v) is 4.71. The number of hydrogen-bond acceptors (Lipinski definition) is 2. The molecular weight excluding hydrogens is 272 g/mol. The van der Waals surface area contributed by atoms with Crippen molar-refractivity contribution in [3.63, 3.8) is 0 Å². The van der Waals surface area contributed by atoms with E-state index in [0.717, 1.165) is 0 Å². The first-order valence-corrected chi connectivity index (χ1v) is 6.16. The van der Waals surface area contributed by atoms with Gasteiger partial charge in [0.1, 0.15) is 17.7 Å². The molecule has 0 aliphatic carbocycles. The van der Waals surface area contributed by atoms with E-state index < -0.39 is 5.82 Å². The van der Waals surface area contributed by atoms with E-state index in [9.17, 15) is 8.78 Å². The average Bonchev–Trinajstić information content (AvgIpc) is 2.38. The Morgan fingerprint density at radius 1 is 1.16 bits per heavy atom. The molecule has 0 aromatic heterocycles. The highest BCUT2D eigenvalue weighted by atomic mass is 35.5. The Bertz CT molecular complexity index is 633. The lowest BCUT2D eigenvalue weighted by Crippen LogP contribution is -2.24. The van der Waals surface area contributed by atoms with Gasteiger partial charge in [-0.1, -0.05) is 23.7 Å². The predicted molar refractivity (Wildman–Crippen MR) is 69.7 cm³/mol. The molecule has 0 amide bonds. The molecule has 0 bridgehead atoms. The summed E-state index contributed by atoms with van der Waals surface area (Å²) in [4.78, 5) is 0. The van der Waals surface area contributed by atoms with Gasteiger partial charge in [-0.2, -0.15) is 0 Å². The molecule has 0 saturated carbocycles. The Labute approximate surface area is 114 Å². The van der Waals surface area contributed by atoms with Crippen molar-refractivity contribution in [2.24, 2.45) is 0 Å². The Balaban J connectivity index is 1.94. The Morgan fingerprint density at radius 2 is 2.00 bits per heavy atom. The van der Waals surface area contributed by atoms with Crippen LogP contribution in [0.15, 0.2) is 36.4 Å². The maximum absolute atomic E-state index is 13.2. The number of fused-ring (bicyclic) bond motifs is 1. The van der Waals surface area contributed by atoms with Crippen molar-refractivity contribution >= 4 is 17.3 Å². The average molecular weight is 282 g/mol. The zero-order valence-electron chi connectivity index (χ0n) is 9.79. The minimum absolute atomic E-state index is 0.198. The smallest absolute Gasteiger partial charge is 0.162 e. The van der Waals surface area contributed by atoms with Crippen molar-refractivity contribution in [2.45, 2.75) is 6.10 Å². The highest BCUT2D eigenvalue weighted by Crippen LogP contribution is 2.40. The lowest BCUT2D eigenvalue weighted by Gasteiger charge is -2.28. The minimum atomic E-state index is -0.427. The SMILES string of the molecule is Fc1cccc(C2CNc3cc(F)cc(Cl)c3O2)c1. The number of ether oxygens (including phenoxy) is 1. The third-order valence-corrected chi connectivity index (χ3v) is 3.25. The van der Waals surface area contributed by atoms with Gasteiger partial charge in [-0.15, -0.1) is 0 Å². The summed E-state index contributed by atoms with van der Waals surface area (Å²) in [6, 6.07) is 8.69. The number of hydrogen-bond donors (Lipinski definition) is 1. The van der Waals surface area contributed by atoms with Crippen LogP contribution < -0.4 is 10.1 Å². The first-order valence-electron chi connectivity index (χ1n) is 5.78. The fourth-order valence-electron chi connectivity index (χ4n) is 2.09. The van der Waals surface area contributed by atoms with Crippen LogP contribution >= 0.6 is 11.6 Å². The van der Waals surface area contributed by atoms with Crippen molar-refractivity contribution in [3.8, 4) is 5.75 Å². The molecule has 1 heterocycles. The molecule has 1 aliphatic rings. The summed E-state index contributed by atoms with van der Waals surface area (Å²) < 4.78 is 32.1. The lowest BCUT2D eigenvalue weighted by molar-refractivity contribution is 0.210. The van der Waals surface area contributed by atoms with Crippen LogP contribution in [0.3, 0.4) is 0 Å². The fraction of sp³-hybridized carbons (Fsp3) is 0.143. The van der Waals surface area contributed by atoms with Crippen LogP contribution in [0.2, 0.25) is 5.02 Å². The summed E-state index contributed by atoms with van der Waals surface area (Å²) in [5.41, 5.74) is 1.22. The molecule has 98 valence electrons. The van der Waals surface area contributed by atoms with Crippen molar-refractivity contribution in [3.05, 3.63) is 58.6 Å². The molecule has 19 heavy (non-hydrogen) atoms. The lowest BCUT2D eigenvalue weighted by atomic mass is 10.1. The molecule has 2 aromatic carbocycles. The Morgan fingerprint density at radius 3 is 2.79 bits per heavy atom. The Hall–Kier alpha value is -1.81. The van der Waals surface area contributed by atoms with Crippen molar-refractivity contribution < 1.29 is 13.5 Å². The van der Waals surface area contributed by atoms with Gasteiger partial charge in [0.25, 0.3) is 0 Å². The first-order chi connectivity index (χ1) is 9.13. The van der Waals surface area contributed by atoms with Gasteiger partial charge in [-0.25, -0.2) is 8.78 Å². The van der Waals surface area contributed by atoms with Crippen LogP contribution in [0.4, 0.5) is 14.5 Å². The molecule has 0 saturated heterocycles. The maximum atomic E-state index is 13.2. The number of nitrogens with one attached hydrogen (secondary N) is 1. The van der Waals surface area contributed by atoms with E-state index in [1.54, 1.807) is 12.1 Å². The van der Waals surface area contributed by atoms with Gasteiger partial charge < -0.3 is 10.1 Å². The van der Waals surface area contributed by atoms with Gasteiger partial charge in [0.15, 0.2) is 5.75 Å². The molecule has 3 rings (SSSR count). The minimum Gasteiger partial charge on any atom is -0.480 e. The monoisotopic (exact) mass is 281 g/mol. The molecular formula is C14H10ClF2NO. The Kier molecular flexibility index (Phi) is 3.03. The van der Waals surface area contributed by atoms with E-state index in [0.29, 0.717) is 23.5 Å². The quantitative estimate of drug-likeness (QED) is 0.847. The molecule has 1 atom stereocenters. The topological polar surface area (TPSA) is 21.3 Å². The van der Waals surface area contributed by atoms with Gasteiger partial charge in [-0.3, -0.25) is 0 Å². The normalized spacial score (nSPS) is 17.3. The zero-order chi connectivity index (χ0) is 13.4. The van der Waals surface area contributed by atoms with Crippen LogP contribution in [-0.4, -0.2) is 6.54 Å². The zero-order valence-corrected chi connectivity index (χ0v) is 10.5. The van der Waals surface area contributed by atoms with E-state index >= 15 is 0 Å². The predicted octanol–water partition coefficient (Wildman–Crippen LogP) is 4.16. The summed E-state index contributed by atoms with van der Waals surface area (Å²) >= 11 is 5.95. The highest BCUT2D eigenvalue weighted by Gasteiger charge is 2.24. The van der Waals surface area contributed by atoms with Crippen LogP contribution in [-0.2, 0) is 0 Å². The molecule has 1 aliphatic heterocycles. The van der Waals surface area contributed by atoms with Crippen molar-refractivity contribution in [1.82, 2.24) is 0 Å². The number of anilines is 1. The third kappa shape index (κ3) is 2.36. The summed E-state index contributed by atoms with van der Waals surface area (Å²) in [5, 5.41) is 3.24. The van der Waals surface area contributed by atoms with E-state index in [4.69, 9.17) is 16.3 Å². The molecule has 1 N–H and O–H groups in total. The van der Waals surface area contributed by atoms with Crippen LogP contribution in [0.25, 0.3) is 0 Å². The van der Waals surface area contributed by atoms with Crippen LogP contribution in [0, 0.1) is 11.6 Å². The molecule has 2 aromatic rings. The van der Waals surface area contributed by atoms with Gasteiger partial charge in [-0.05, 0) is 23.8 Å². The van der Waals surface area contributed by atoms with Gasteiger partial charge >= 0.3 is 0 Å². The maximum Gasteiger partial charge on any atom is 0.162 e. The summed E-state index contributed by atoms with van der Waals surface area (Å²) in [7, 11) is 0. The van der Waals surface area contributed by atoms with E-state index in [1.807, 2.05) is 0 Å². The summed E-state index contributed by atoms with van der Waals surface area (Å²) in [6.07, 6.45) is -0.355.